The van der Waals surface area contributed by atoms with E-state index in [1.807, 2.05) is 13.1 Å². The number of alkyl halides is 3. The van der Waals surface area contributed by atoms with Crippen LogP contribution in [0.2, 0.25) is 0 Å². The summed E-state index contributed by atoms with van der Waals surface area (Å²) in [5, 5.41) is 3.84. The Morgan fingerprint density at radius 1 is 1.41 bits per heavy atom. The van der Waals surface area contributed by atoms with Crippen LogP contribution in [0.25, 0.3) is 0 Å². The lowest BCUT2D eigenvalue weighted by Gasteiger charge is -2.32. The van der Waals surface area contributed by atoms with Crippen LogP contribution < -0.4 is 5.32 Å². The molecule has 0 aliphatic carbocycles. The first-order valence-corrected chi connectivity index (χ1v) is 9.72. The molecule has 1 fully saturated rings. The Morgan fingerprint density at radius 2 is 2.22 bits per heavy atom. The van der Waals surface area contributed by atoms with E-state index >= 15 is 0 Å². The highest BCUT2D eigenvalue weighted by Gasteiger charge is 2.31. The van der Waals surface area contributed by atoms with E-state index in [4.69, 9.17) is 0 Å². The summed E-state index contributed by atoms with van der Waals surface area (Å²) in [5.74, 6) is -0.168. The molecule has 0 radical (unpaired) electrons. The number of nitrogens with zero attached hydrogens (tertiary/aromatic N) is 2. The zero-order valence-electron chi connectivity index (χ0n) is 15.1. The summed E-state index contributed by atoms with van der Waals surface area (Å²) in [7, 11) is 0. The van der Waals surface area contributed by atoms with Crippen LogP contribution in [0.4, 0.5) is 13.2 Å². The Balaban J connectivity index is 1.52. The van der Waals surface area contributed by atoms with Gasteiger partial charge in [-0.2, -0.15) is 13.2 Å². The largest absolute Gasteiger partial charge is 0.416 e. The number of aromatic nitrogens is 1. The summed E-state index contributed by atoms with van der Waals surface area (Å²) in [4.78, 5) is 20.1. The maximum Gasteiger partial charge on any atom is 0.416 e. The van der Waals surface area contributed by atoms with Crippen LogP contribution in [0.5, 0.6) is 0 Å². The molecule has 1 N–H and O–H groups in total. The van der Waals surface area contributed by atoms with Crippen molar-refractivity contribution in [3.63, 3.8) is 0 Å². The molecule has 1 atom stereocenters. The fourth-order valence-electron chi connectivity index (χ4n) is 3.34. The number of rotatable bonds is 5. The topological polar surface area (TPSA) is 45.2 Å². The lowest BCUT2D eigenvalue weighted by atomic mass is 9.97. The second kappa shape index (κ2) is 8.39. The van der Waals surface area contributed by atoms with Gasteiger partial charge < -0.3 is 5.32 Å². The number of nitrogens with one attached hydrogen (secondary N) is 1. The average molecular weight is 397 g/mol. The fraction of sp³-hybridized carbons (Fsp3) is 0.474. The number of aryl methyl sites for hydroxylation is 1. The first kappa shape index (κ1) is 19.8. The Morgan fingerprint density at radius 3 is 2.93 bits per heavy atom. The first-order valence-electron chi connectivity index (χ1n) is 8.90. The van der Waals surface area contributed by atoms with Crippen LogP contribution in [0, 0.1) is 12.8 Å². The first-order chi connectivity index (χ1) is 12.8. The van der Waals surface area contributed by atoms with Crippen molar-refractivity contribution < 1.29 is 18.0 Å². The van der Waals surface area contributed by atoms with Gasteiger partial charge in [0, 0.05) is 36.3 Å². The zero-order valence-corrected chi connectivity index (χ0v) is 15.9. The maximum absolute atomic E-state index is 12.8. The quantitative estimate of drug-likeness (QED) is 0.826. The number of amides is 1. The molecule has 0 saturated carbocycles. The predicted octanol–water partition coefficient (Wildman–Crippen LogP) is 4.11. The van der Waals surface area contributed by atoms with E-state index < -0.39 is 17.6 Å². The Kier molecular flexibility index (Phi) is 6.16. The molecule has 2 heterocycles. The van der Waals surface area contributed by atoms with Crippen molar-refractivity contribution in [3.05, 3.63) is 51.5 Å². The van der Waals surface area contributed by atoms with Crippen molar-refractivity contribution >= 4 is 17.2 Å². The average Bonchev–Trinajstić information content (AvgIpc) is 3.04. The molecule has 27 heavy (non-hydrogen) atoms. The van der Waals surface area contributed by atoms with E-state index in [0.717, 1.165) is 49.6 Å². The molecule has 1 saturated heterocycles. The Hall–Kier alpha value is -1.93. The third-order valence-corrected chi connectivity index (χ3v) is 5.55. The molecule has 3 rings (SSSR count). The highest BCUT2D eigenvalue weighted by atomic mass is 32.1. The number of likely N-dealkylation sites (tertiary alicyclic amines) is 1. The second-order valence-electron chi connectivity index (χ2n) is 6.88. The minimum atomic E-state index is -4.45. The molecule has 146 valence electrons. The third-order valence-electron chi connectivity index (χ3n) is 4.66. The minimum absolute atomic E-state index is 0.0395. The molecule has 4 nitrogen and oxygen atoms in total. The smallest absolute Gasteiger partial charge is 0.352 e. The number of thiazole rings is 1. The standard InChI is InChI=1S/C19H22F3N3OS/c1-13-23-10-17(27-13)12-25-7-3-4-14(11-25)9-24-18(26)15-5-2-6-16(8-15)19(20,21)22/h2,5-6,8,10,14H,3-4,7,9,11-12H2,1H3,(H,24,26)/t14-/m0/s1. The van der Waals surface area contributed by atoms with E-state index in [1.165, 1.54) is 17.0 Å². The van der Waals surface area contributed by atoms with Crippen molar-refractivity contribution in [2.75, 3.05) is 19.6 Å². The number of piperidine rings is 1. The maximum atomic E-state index is 12.8. The molecule has 2 aromatic rings. The Bertz CT molecular complexity index is 791. The van der Waals surface area contributed by atoms with Gasteiger partial charge >= 0.3 is 6.18 Å². The van der Waals surface area contributed by atoms with Crippen LogP contribution >= 0.6 is 11.3 Å². The molecule has 0 unspecified atom stereocenters. The number of halogens is 3. The van der Waals surface area contributed by atoms with Gasteiger partial charge in [-0.1, -0.05) is 6.07 Å². The third kappa shape index (κ3) is 5.52. The van der Waals surface area contributed by atoms with Gasteiger partial charge in [-0.25, -0.2) is 4.98 Å². The fourth-order valence-corrected chi connectivity index (χ4v) is 4.17. The number of carbonyl (C=O) groups is 1. The van der Waals surface area contributed by atoms with Crippen molar-refractivity contribution in [3.8, 4) is 0 Å². The molecule has 8 heteroatoms. The van der Waals surface area contributed by atoms with E-state index in [9.17, 15) is 18.0 Å². The van der Waals surface area contributed by atoms with Crippen LogP contribution in [-0.4, -0.2) is 35.4 Å². The molecule has 1 aliphatic rings. The van der Waals surface area contributed by atoms with Gasteiger partial charge in [-0.3, -0.25) is 9.69 Å². The molecule has 0 spiro atoms. The molecular weight excluding hydrogens is 375 g/mol. The van der Waals surface area contributed by atoms with E-state index in [1.54, 1.807) is 11.3 Å². The van der Waals surface area contributed by atoms with E-state index in [0.29, 0.717) is 12.5 Å². The van der Waals surface area contributed by atoms with Crippen LogP contribution in [-0.2, 0) is 12.7 Å². The van der Waals surface area contributed by atoms with Crippen molar-refractivity contribution in [1.29, 1.82) is 0 Å². The molecular formula is C19H22F3N3OS. The Labute approximate surface area is 160 Å². The lowest BCUT2D eigenvalue weighted by molar-refractivity contribution is -0.137. The van der Waals surface area contributed by atoms with Gasteiger partial charge in [0.1, 0.15) is 0 Å². The number of benzene rings is 1. The van der Waals surface area contributed by atoms with Crippen molar-refractivity contribution in [2.24, 2.45) is 5.92 Å². The zero-order chi connectivity index (χ0) is 19.4. The predicted molar refractivity (Wildman–Crippen MR) is 98.6 cm³/mol. The SMILES string of the molecule is Cc1ncc(CN2CCC[C@@H](CNC(=O)c3cccc(C(F)(F)F)c3)C2)s1. The summed E-state index contributed by atoms with van der Waals surface area (Å²) < 4.78 is 38.4. The molecule has 1 aliphatic heterocycles. The summed E-state index contributed by atoms with van der Waals surface area (Å²) in [5.41, 5.74) is -0.767. The number of hydrogen-bond donors (Lipinski definition) is 1. The van der Waals surface area contributed by atoms with Gasteiger partial charge in [0.05, 0.1) is 10.6 Å². The molecule has 1 amide bonds. The summed E-state index contributed by atoms with van der Waals surface area (Å²) in [6.07, 6.45) is -0.503. The normalized spacial score (nSPS) is 18.4. The number of carbonyl (C=O) groups excluding carboxylic acids is 1. The van der Waals surface area contributed by atoms with Crippen LogP contribution in [0.1, 0.15) is 38.6 Å². The summed E-state index contributed by atoms with van der Waals surface area (Å²) in [6, 6.07) is 4.53. The minimum Gasteiger partial charge on any atom is -0.352 e. The van der Waals surface area contributed by atoms with Crippen LogP contribution in [0.15, 0.2) is 30.5 Å². The van der Waals surface area contributed by atoms with Crippen LogP contribution in [0.3, 0.4) is 0 Å². The summed E-state index contributed by atoms with van der Waals surface area (Å²) in [6.45, 7) is 5.17. The summed E-state index contributed by atoms with van der Waals surface area (Å²) >= 11 is 1.69. The van der Waals surface area contributed by atoms with E-state index in [-0.39, 0.29) is 5.56 Å². The van der Waals surface area contributed by atoms with Crippen molar-refractivity contribution in [2.45, 2.75) is 32.5 Å². The van der Waals surface area contributed by atoms with Gasteiger partial charge in [-0.05, 0) is 50.4 Å². The number of hydrogen-bond acceptors (Lipinski definition) is 4. The highest BCUT2D eigenvalue weighted by molar-refractivity contribution is 7.11. The lowest BCUT2D eigenvalue weighted by Crippen LogP contribution is -2.40. The van der Waals surface area contributed by atoms with Gasteiger partial charge in [-0.15, -0.1) is 11.3 Å². The van der Waals surface area contributed by atoms with E-state index in [2.05, 4.69) is 15.2 Å². The molecule has 1 aromatic heterocycles. The second-order valence-corrected chi connectivity index (χ2v) is 8.20. The van der Waals surface area contributed by atoms with Gasteiger partial charge in [0.15, 0.2) is 0 Å². The van der Waals surface area contributed by atoms with Crippen molar-refractivity contribution in [1.82, 2.24) is 15.2 Å². The highest BCUT2D eigenvalue weighted by Crippen LogP contribution is 2.29. The monoisotopic (exact) mass is 397 g/mol. The van der Waals surface area contributed by atoms with Gasteiger partial charge in [0.2, 0.25) is 0 Å². The van der Waals surface area contributed by atoms with Gasteiger partial charge in [0.25, 0.3) is 5.91 Å². The molecule has 1 aromatic carbocycles. The molecule has 0 bridgehead atoms.